The van der Waals surface area contributed by atoms with Crippen LogP contribution < -0.4 is 0 Å². The zero-order valence-electron chi connectivity index (χ0n) is 15.1. The molecule has 1 aliphatic heterocycles. The van der Waals surface area contributed by atoms with Crippen molar-refractivity contribution in [3.63, 3.8) is 0 Å². The second-order valence-electron chi connectivity index (χ2n) is 7.00. The monoisotopic (exact) mass is 339 g/mol. The van der Waals surface area contributed by atoms with Gasteiger partial charge in [0.15, 0.2) is 0 Å². The van der Waals surface area contributed by atoms with E-state index in [0.717, 1.165) is 32.6 Å². The molecule has 0 atom stereocenters. The van der Waals surface area contributed by atoms with E-state index in [1.54, 1.807) is 0 Å². The number of aromatic nitrogens is 1. The summed E-state index contributed by atoms with van der Waals surface area (Å²) in [7, 11) is 2.19. The average Bonchev–Trinajstić information content (AvgIpc) is 2.67. The molecule has 0 radical (unpaired) electrons. The normalized spacial score (nSPS) is 16.4. The molecule has 2 aromatic rings. The second-order valence-corrected chi connectivity index (χ2v) is 7.00. The van der Waals surface area contributed by atoms with Crippen LogP contribution in [0.1, 0.15) is 24.8 Å². The van der Waals surface area contributed by atoms with Crippen LogP contribution in [0, 0.1) is 0 Å². The topological polar surface area (TPSA) is 39.6 Å². The summed E-state index contributed by atoms with van der Waals surface area (Å²) in [6.45, 7) is 4.60. The molecule has 4 heteroatoms. The molecule has 0 amide bonds. The predicted molar refractivity (Wildman–Crippen MR) is 102 cm³/mol. The number of piperidine rings is 1. The molecule has 1 aromatic carbocycles. The lowest BCUT2D eigenvalue weighted by molar-refractivity contribution is 0.117. The standard InChI is InChI=1S/C21H29N3O/c1-23(12-3-15-25)21-8-13-24(14-9-21)17-18-4-2-5-20(16-18)19-6-10-22-11-7-19/h2,4-7,10-11,16,21,25H,3,8-9,12-15,17H2,1H3. The van der Waals surface area contributed by atoms with E-state index in [9.17, 15) is 0 Å². The fourth-order valence-corrected chi connectivity index (χ4v) is 3.67. The van der Waals surface area contributed by atoms with E-state index in [0.29, 0.717) is 6.04 Å². The SMILES string of the molecule is CN(CCCO)C1CCN(Cc2cccc(-c3ccncc3)c2)CC1. The summed E-state index contributed by atoms with van der Waals surface area (Å²) in [5.41, 5.74) is 3.86. The molecule has 3 rings (SSSR count). The molecule has 2 heterocycles. The van der Waals surface area contributed by atoms with Gasteiger partial charge >= 0.3 is 0 Å². The number of benzene rings is 1. The first-order chi connectivity index (χ1) is 12.3. The number of likely N-dealkylation sites (tertiary alicyclic amines) is 1. The van der Waals surface area contributed by atoms with Crippen LogP contribution >= 0.6 is 0 Å². The first-order valence-electron chi connectivity index (χ1n) is 9.29. The van der Waals surface area contributed by atoms with Crippen LogP contribution in [-0.2, 0) is 6.54 Å². The van der Waals surface area contributed by atoms with Crippen molar-refractivity contribution in [2.24, 2.45) is 0 Å². The van der Waals surface area contributed by atoms with E-state index >= 15 is 0 Å². The summed E-state index contributed by atoms with van der Waals surface area (Å²) in [5.74, 6) is 0. The maximum atomic E-state index is 8.99. The average molecular weight is 339 g/mol. The van der Waals surface area contributed by atoms with Crippen molar-refractivity contribution < 1.29 is 5.11 Å². The summed E-state index contributed by atoms with van der Waals surface area (Å²) in [6, 6.07) is 13.6. The van der Waals surface area contributed by atoms with Gasteiger partial charge in [0.1, 0.15) is 0 Å². The molecule has 4 nitrogen and oxygen atoms in total. The van der Waals surface area contributed by atoms with Crippen molar-refractivity contribution in [2.45, 2.75) is 31.8 Å². The van der Waals surface area contributed by atoms with E-state index in [1.165, 1.54) is 29.5 Å². The number of aliphatic hydroxyl groups is 1. The number of pyridine rings is 1. The van der Waals surface area contributed by atoms with Crippen molar-refractivity contribution in [3.8, 4) is 11.1 Å². The summed E-state index contributed by atoms with van der Waals surface area (Å²) in [5, 5.41) is 8.99. The highest BCUT2D eigenvalue weighted by Crippen LogP contribution is 2.22. The predicted octanol–water partition coefficient (Wildman–Crippen LogP) is 3.03. The quantitative estimate of drug-likeness (QED) is 0.842. The zero-order valence-corrected chi connectivity index (χ0v) is 15.1. The molecule has 1 aliphatic rings. The molecule has 0 spiro atoms. The highest BCUT2D eigenvalue weighted by atomic mass is 16.3. The van der Waals surface area contributed by atoms with Crippen LogP contribution in [0.2, 0.25) is 0 Å². The van der Waals surface area contributed by atoms with Gasteiger partial charge in [0.2, 0.25) is 0 Å². The van der Waals surface area contributed by atoms with Gasteiger partial charge < -0.3 is 10.0 Å². The Labute approximate surface area is 151 Å². The van der Waals surface area contributed by atoms with Gasteiger partial charge in [-0.1, -0.05) is 18.2 Å². The van der Waals surface area contributed by atoms with Gasteiger partial charge in [0, 0.05) is 38.1 Å². The highest BCUT2D eigenvalue weighted by Gasteiger charge is 2.22. The molecule has 0 bridgehead atoms. The third kappa shape index (κ3) is 5.11. The maximum Gasteiger partial charge on any atom is 0.0443 e. The Kier molecular flexibility index (Phi) is 6.56. The van der Waals surface area contributed by atoms with Crippen LogP contribution in [0.3, 0.4) is 0 Å². The van der Waals surface area contributed by atoms with Crippen LogP contribution in [0.25, 0.3) is 11.1 Å². The first-order valence-corrected chi connectivity index (χ1v) is 9.29. The molecule has 25 heavy (non-hydrogen) atoms. The molecule has 1 saturated heterocycles. The van der Waals surface area contributed by atoms with E-state index < -0.39 is 0 Å². The largest absolute Gasteiger partial charge is 0.396 e. The van der Waals surface area contributed by atoms with Crippen LogP contribution in [0.15, 0.2) is 48.8 Å². The van der Waals surface area contributed by atoms with E-state index in [-0.39, 0.29) is 6.61 Å². The summed E-state index contributed by atoms with van der Waals surface area (Å²) < 4.78 is 0. The minimum atomic E-state index is 0.289. The number of rotatable bonds is 7. The van der Waals surface area contributed by atoms with Gasteiger partial charge in [-0.05, 0) is 74.3 Å². The van der Waals surface area contributed by atoms with Gasteiger partial charge in [-0.25, -0.2) is 0 Å². The van der Waals surface area contributed by atoms with Crippen LogP contribution in [-0.4, -0.2) is 59.2 Å². The fraction of sp³-hybridized carbons (Fsp3) is 0.476. The van der Waals surface area contributed by atoms with Gasteiger partial charge in [0.05, 0.1) is 0 Å². The number of aliphatic hydroxyl groups excluding tert-OH is 1. The summed E-state index contributed by atoms with van der Waals surface area (Å²) in [6.07, 6.45) is 7.00. The molecule has 1 aromatic heterocycles. The fourth-order valence-electron chi connectivity index (χ4n) is 3.67. The van der Waals surface area contributed by atoms with Crippen LogP contribution in [0.4, 0.5) is 0 Å². The minimum Gasteiger partial charge on any atom is -0.396 e. The van der Waals surface area contributed by atoms with E-state index in [4.69, 9.17) is 5.11 Å². The smallest absolute Gasteiger partial charge is 0.0443 e. The lowest BCUT2D eigenvalue weighted by Crippen LogP contribution is -2.43. The summed E-state index contributed by atoms with van der Waals surface area (Å²) >= 11 is 0. The van der Waals surface area contributed by atoms with Gasteiger partial charge in [-0.3, -0.25) is 9.88 Å². The third-order valence-corrected chi connectivity index (χ3v) is 5.20. The molecular formula is C21H29N3O. The van der Waals surface area contributed by atoms with Gasteiger partial charge in [-0.15, -0.1) is 0 Å². The lowest BCUT2D eigenvalue weighted by atomic mass is 10.0. The Hall–Kier alpha value is -1.75. The lowest BCUT2D eigenvalue weighted by Gasteiger charge is -2.36. The molecule has 0 aliphatic carbocycles. The molecule has 0 saturated carbocycles. The Balaban J connectivity index is 1.54. The minimum absolute atomic E-state index is 0.289. The Morgan fingerprint density at radius 1 is 1.12 bits per heavy atom. The molecule has 0 unspecified atom stereocenters. The van der Waals surface area contributed by atoms with Gasteiger partial charge in [0.25, 0.3) is 0 Å². The first kappa shape index (κ1) is 18.1. The van der Waals surface area contributed by atoms with Crippen LogP contribution in [0.5, 0.6) is 0 Å². The van der Waals surface area contributed by atoms with Gasteiger partial charge in [-0.2, -0.15) is 0 Å². The van der Waals surface area contributed by atoms with Crippen molar-refractivity contribution in [2.75, 3.05) is 33.3 Å². The molecule has 134 valence electrons. The number of nitrogens with zero attached hydrogens (tertiary/aromatic N) is 3. The Morgan fingerprint density at radius 2 is 1.88 bits per heavy atom. The van der Waals surface area contributed by atoms with Crippen molar-refractivity contribution in [3.05, 3.63) is 54.4 Å². The van der Waals surface area contributed by atoms with Crippen molar-refractivity contribution in [1.29, 1.82) is 0 Å². The third-order valence-electron chi connectivity index (χ3n) is 5.20. The molecular weight excluding hydrogens is 310 g/mol. The number of hydrogen-bond acceptors (Lipinski definition) is 4. The zero-order chi connectivity index (χ0) is 17.5. The van der Waals surface area contributed by atoms with Crippen molar-refractivity contribution >= 4 is 0 Å². The second kappa shape index (κ2) is 9.09. The molecule has 1 fully saturated rings. The Bertz CT molecular complexity index is 639. The number of hydrogen-bond donors (Lipinski definition) is 1. The maximum absolute atomic E-state index is 8.99. The summed E-state index contributed by atoms with van der Waals surface area (Å²) in [4.78, 5) is 9.07. The van der Waals surface area contributed by atoms with E-state index in [2.05, 4.69) is 58.2 Å². The highest BCUT2D eigenvalue weighted by molar-refractivity contribution is 5.63. The van der Waals surface area contributed by atoms with Crippen molar-refractivity contribution in [1.82, 2.24) is 14.8 Å². The Morgan fingerprint density at radius 3 is 2.60 bits per heavy atom. The molecule has 1 N–H and O–H groups in total. The van der Waals surface area contributed by atoms with E-state index in [1.807, 2.05) is 12.4 Å².